The normalized spacial score (nSPS) is 11.4. The van der Waals surface area contributed by atoms with Gasteiger partial charge in [0.15, 0.2) is 5.82 Å². The van der Waals surface area contributed by atoms with Crippen LogP contribution in [0.4, 0.5) is 13.2 Å². The Morgan fingerprint density at radius 1 is 1.18 bits per heavy atom. The molecule has 1 aromatic heterocycles. The first-order valence-corrected chi connectivity index (χ1v) is 8.31. The second-order valence-corrected chi connectivity index (χ2v) is 6.09. The van der Waals surface area contributed by atoms with Gasteiger partial charge in [0.2, 0.25) is 0 Å². The fourth-order valence-corrected chi connectivity index (χ4v) is 2.68. The highest BCUT2D eigenvalue weighted by Gasteiger charge is 2.31. The summed E-state index contributed by atoms with van der Waals surface area (Å²) in [7, 11) is 0. The van der Waals surface area contributed by atoms with Crippen LogP contribution < -0.4 is 4.74 Å². The van der Waals surface area contributed by atoms with E-state index in [0.717, 1.165) is 16.7 Å². The third-order valence-corrected chi connectivity index (χ3v) is 4.04. The highest BCUT2D eigenvalue weighted by molar-refractivity contribution is 5.67. The Balaban J connectivity index is 1.76. The topological polar surface area (TPSA) is 77.2 Å². The fourth-order valence-electron chi connectivity index (χ4n) is 2.68. The van der Waals surface area contributed by atoms with Gasteiger partial charge in [0, 0.05) is 12.0 Å². The van der Waals surface area contributed by atoms with E-state index < -0.39 is 12.3 Å². The summed E-state index contributed by atoms with van der Waals surface area (Å²) in [5.74, 6) is -0.719. The van der Waals surface area contributed by atoms with Gasteiger partial charge in [0.25, 0.3) is 0 Å². The average Bonchev–Trinajstić information content (AvgIpc) is 3.10. The summed E-state index contributed by atoms with van der Waals surface area (Å²) in [5, 5.41) is 13.1. The van der Waals surface area contributed by atoms with Crippen molar-refractivity contribution >= 4 is 5.97 Å². The van der Waals surface area contributed by atoms with Crippen molar-refractivity contribution in [2.75, 3.05) is 0 Å². The van der Waals surface area contributed by atoms with E-state index in [0.29, 0.717) is 17.9 Å². The molecule has 2 aromatic carbocycles. The molecule has 0 amide bonds. The quantitative estimate of drug-likeness (QED) is 0.683. The number of halogens is 3. The van der Waals surface area contributed by atoms with Crippen molar-refractivity contribution in [2.24, 2.45) is 0 Å². The van der Waals surface area contributed by atoms with Gasteiger partial charge in [-0.2, -0.15) is 0 Å². The van der Waals surface area contributed by atoms with Gasteiger partial charge in [0.05, 0.1) is 5.69 Å². The van der Waals surface area contributed by atoms with Gasteiger partial charge in [-0.15, -0.1) is 18.3 Å². The lowest BCUT2D eigenvalue weighted by molar-refractivity contribution is -0.274. The minimum Gasteiger partial charge on any atom is -0.481 e. The Hall–Kier alpha value is -3.36. The predicted octanol–water partition coefficient (Wildman–Crippen LogP) is 4.16. The lowest BCUT2D eigenvalue weighted by atomic mass is 10.0. The lowest BCUT2D eigenvalue weighted by Gasteiger charge is -2.09. The number of aromatic nitrogens is 3. The van der Waals surface area contributed by atoms with Gasteiger partial charge in [0.1, 0.15) is 12.1 Å². The summed E-state index contributed by atoms with van der Waals surface area (Å²) < 4.78 is 42.0. The number of nitrogens with zero attached hydrogens (tertiary/aromatic N) is 3. The van der Waals surface area contributed by atoms with Crippen molar-refractivity contribution in [3.63, 3.8) is 0 Å². The summed E-state index contributed by atoms with van der Waals surface area (Å²) in [5.41, 5.74) is 3.16. The summed E-state index contributed by atoms with van der Waals surface area (Å²) in [6, 6.07) is 10.8. The Kier molecular flexibility index (Phi) is 5.34. The number of carbonyl (C=O) groups is 1. The van der Waals surface area contributed by atoms with Crippen LogP contribution in [0.25, 0.3) is 17.1 Å². The maximum Gasteiger partial charge on any atom is 0.573 e. The van der Waals surface area contributed by atoms with Gasteiger partial charge >= 0.3 is 12.3 Å². The molecule has 0 bridgehead atoms. The monoisotopic (exact) mass is 391 g/mol. The zero-order chi connectivity index (χ0) is 20.3. The third kappa shape index (κ3) is 4.87. The first kappa shape index (κ1) is 19.4. The van der Waals surface area contributed by atoms with Crippen LogP contribution in [0.2, 0.25) is 0 Å². The maximum absolute atomic E-state index is 12.2. The molecule has 0 spiro atoms. The number of rotatable bonds is 6. The van der Waals surface area contributed by atoms with Crippen molar-refractivity contribution in [2.45, 2.75) is 26.1 Å². The molecule has 146 valence electrons. The minimum atomic E-state index is -4.74. The minimum absolute atomic E-state index is 0.0567. The number of carboxylic acid groups (broad SMARTS) is 1. The number of hydrogen-bond acceptors (Lipinski definition) is 4. The SMILES string of the molecule is Cc1cc(-c2ncn(-c3ccc(OC(F)(F)F)cc3)n2)ccc1CCC(=O)O. The van der Waals surface area contributed by atoms with Gasteiger partial charge in [-0.3, -0.25) is 4.79 Å². The Labute approximate surface area is 158 Å². The summed E-state index contributed by atoms with van der Waals surface area (Å²) >= 11 is 0. The van der Waals surface area contributed by atoms with E-state index in [-0.39, 0.29) is 12.2 Å². The second-order valence-electron chi connectivity index (χ2n) is 6.09. The zero-order valence-electron chi connectivity index (χ0n) is 14.8. The summed E-state index contributed by atoms with van der Waals surface area (Å²) in [4.78, 5) is 14.9. The van der Waals surface area contributed by atoms with E-state index in [1.165, 1.54) is 35.3 Å². The molecule has 0 saturated heterocycles. The molecule has 1 N–H and O–H groups in total. The number of aliphatic carboxylic acids is 1. The van der Waals surface area contributed by atoms with Gasteiger partial charge in [-0.1, -0.05) is 12.1 Å². The molecule has 0 saturated carbocycles. The molecule has 0 aliphatic rings. The van der Waals surface area contributed by atoms with Gasteiger partial charge in [-0.25, -0.2) is 9.67 Å². The number of carboxylic acids is 1. The standard InChI is InChI=1S/C19H16F3N3O3/c1-12-10-14(3-2-13(12)4-9-17(26)27)18-23-11-25(24-18)15-5-7-16(8-6-15)28-19(20,21)22/h2-3,5-8,10-11H,4,9H2,1H3,(H,26,27). The molecule has 9 heteroatoms. The number of hydrogen-bond donors (Lipinski definition) is 1. The number of benzene rings is 2. The number of aryl methyl sites for hydroxylation is 2. The molecule has 1 heterocycles. The molecule has 0 aliphatic heterocycles. The molecule has 6 nitrogen and oxygen atoms in total. The Morgan fingerprint density at radius 3 is 2.50 bits per heavy atom. The Bertz CT molecular complexity index is 982. The summed E-state index contributed by atoms with van der Waals surface area (Å²) in [6.45, 7) is 1.89. The fraction of sp³-hybridized carbons (Fsp3) is 0.211. The van der Waals surface area contributed by atoms with Gasteiger partial charge < -0.3 is 9.84 Å². The van der Waals surface area contributed by atoms with Crippen LogP contribution in [0.5, 0.6) is 5.75 Å². The smallest absolute Gasteiger partial charge is 0.481 e. The van der Waals surface area contributed by atoms with Crippen LogP contribution in [0.1, 0.15) is 17.5 Å². The van der Waals surface area contributed by atoms with Gasteiger partial charge in [-0.05, 0) is 54.8 Å². The van der Waals surface area contributed by atoms with Crippen LogP contribution in [0.15, 0.2) is 48.8 Å². The van der Waals surface area contributed by atoms with E-state index in [4.69, 9.17) is 5.11 Å². The van der Waals surface area contributed by atoms with Crippen molar-refractivity contribution in [3.05, 3.63) is 59.9 Å². The van der Waals surface area contributed by atoms with E-state index in [1.54, 1.807) is 0 Å². The molecular formula is C19H16F3N3O3. The third-order valence-electron chi connectivity index (χ3n) is 4.04. The molecule has 3 rings (SSSR count). The largest absolute Gasteiger partial charge is 0.573 e. The molecular weight excluding hydrogens is 375 g/mol. The number of ether oxygens (including phenoxy) is 1. The molecule has 0 unspecified atom stereocenters. The highest BCUT2D eigenvalue weighted by Crippen LogP contribution is 2.24. The summed E-state index contributed by atoms with van der Waals surface area (Å²) in [6.07, 6.45) is -2.78. The predicted molar refractivity (Wildman–Crippen MR) is 94.2 cm³/mol. The van der Waals surface area contributed by atoms with Crippen molar-refractivity contribution in [1.29, 1.82) is 0 Å². The lowest BCUT2D eigenvalue weighted by Crippen LogP contribution is -2.17. The molecule has 0 atom stereocenters. The van der Waals surface area contributed by atoms with Crippen LogP contribution >= 0.6 is 0 Å². The average molecular weight is 391 g/mol. The molecule has 0 fully saturated rings. The zero-order valence-corrected chi connectivity index (χ0v) is 14.8. The first-order chi connectivity index (χ1) is 13.2. The molecule has 0 aliphatic carbocycles. The highest BCUT2D eigenvalue weighted by atomic mass is 19.4. The van der Waals surface area contributed by atoms with E-state index in [2.05, 4.69) is 14.8 Å². The van der Waals surface area contributed by atoms with Crippen LogP contribution in [0, 0.1) is 6.92 Å². The van der Waals surface area contributed by atoms with Crippen LogP contribution in [-0.2, 0) is 11.2 Å². The Morgan fingerprint density at radius 2 is 1.89 bits per heavy atom. The number of alkyl halides is 3. The van der Waals surface area contributed by atoms with Crippen molar-refractivity contribution in [1.82, 2.24) is 14.8 Å². The van der Waals surface area contributed by atoms with E-state index >= 15 is 0 Å². The van der Waals surface area contributed by atoms with Crippen molar-refractivity contribution in [3.8, 4) is 22.8 Å². The van der Waals surface area contributed by atoms with E-state index in [9.17, 15) is 18.0 Å². The molecule has 28 heavy (non-hydrogen) atoms. The van der Waals surface area contributed by atoms with Crippen molar-refractivity contribution < 1.29 is 27.8 Å². The second kappa shape index (κ2) is 7.71. The molecule has 0 radical (unpaired) electrons. The van der Waals surface area contributed by atoms with Crippen LogP contribution in [0.3, 0.4) is 0 Å². The molecule has 3 aromatic rings. The van der Waals surface area contributed by atoms with E-state index in [1.807, 2.05) is 25.1 Å². The first-order valence-electron chi connectivity index (χ1n) is 8.31. The maximum atomic E-state index is 12.2. The van der Waals surface area contributed by atoms with Crippen LogP contribution in [-0.4, -0.2) is 32.2 Å².